The first-order chi connectivity index (χ1) is 10.9. The van der Waals surface area contributed by atoms with Crippen LogP contribution in [0.25, 0.3) is 5.43 Å². The third kappa shape index (κ3) is 8.72. The zero-order chi connectivity index (χ0) is 17.2. The number of nitrogens with zero attached hydrogens (tertiary/aromatic N) is 2. The summed E-state index contributed by atoms with van der Waals surface area (Å²) in [5.74, 6) is -1.15. The van der Waals surface area contributed by atoms with E-state index < -0.39 is 12.1 Å². The molecule has 0 aliphatic heterocycles. The predicted molar refractivity (Wildman–Crippen MR) is 84.9 cm³/mol. The van der Waals surface area contributed by atoms with Gasteiger partial charge in [-0.1, -0.05) is 23.7 Å². The third-order valence-electron chi connectivity index (χ3n) is 2.82. The average Bonchev–Trinajstić information content (AvgIpc) is 2.51. The molecule has 1 N–H and O–H groups in total. The van der Waals surface area contributed by atoms with E-state index in [0.29, 0.717) is 10.6 Å². The van der Waals surface area contributed by atoms with Gasteiger partial charge in [0.2, 0.25) is 6.09 Å². The molecule has 0 saturated carbocycles. The monoisotopic (exact) mass is 346 g/mol. The Morgan fingerprint density at radius 3 is 2.38 bits per heavy atom. The minimum atomic E-state index is -0.954. The number of hydrogen-bond donors (Lipinski definition) is 1. The van der Waals surface area contributed by atoms with Gasteiger partial charge in [-0.2, -0.15) is 0 Å². The minimum Gasteiger partial charge on any atom is -0.508 e. The van der Waals surface area contributed by atoms with Crippen LogP contribution in [0.2, 0.25) is 5.02 Å². The van der Waals surface area contributed by atoms with Crippen LogP contribution in [0.15, 0.2) is 29.4 Å². The first-order valence-electron chi connectivity index (χ1n) is 6.77. The molecule has 1 aromatic rings. The molecular weight excluding hydrogens is 331 g/mol. The number of aliphatic carboxylic acids is 1. The van der Waals surface area contributed by atoms with Gasteiger partial charge in [0.05, 0.1) is 7.11 Å². The van der Waals surface area contributed by atoms with Gasteiger partial charge in [0.15, 0.2) is 0 Å². The van der Waals surface area contributed by atoms with Crippen molar-refractivity contribution in [3.05, 3.63) is 40.3 Å². The van der Waals surface area contributed by atoms with E-state index in [-0.39, 0.29) is 56.0 Å². The molecule has 0 aromatic heterocycles. The number of carbonyl (C=O) groups excluding carboxylic acids is 2. The Morgan fingerprint density at radius 1 is 1.21 bits per heavy atom. The Morgan fingerprint density at radius 2 is 1.83 bits per heavy atom. The van der Waals surface area contributed by atoms with Crippen molar-refractivity contribution in [2.24, 2.45) is 5.10 Å². The number of ether oxygens (including phenoxy) is 1. The van der Waals surface area contributed by atoms with Gasteiger partial charge in [-0.05, 0) is 24.1 Å². The van der Waals surface area contributed by atoms with E-state index in [1.165, 1.54) is 7.11 Å². The van der Waals surface area contributed by atoms with Crippen molar-refractivity contribution in [3.63, 3.8) is 0 Å². The summed E-state index contributed by atoms with van der Waals surface area (Å²) in [6.45, 7) is 0. The molecule has 7 nitrogen and oxygen atoms in total. The van der Waals surface area contributed by atoms with Crippen molar-refractivity contribution in [2.75, 3.05) is 7.11 Å². The first kappa shape index (κ1) is 22.2. The van der Waals surface area contributed by atoms with Crippen LogP contribution in [0.3, 0.4) is 0 Å². The molecule has 0 radical (unpaired) electrons. The van der Waals surface area contributed by atoms with E-state index in [9.17, 15) is 14.4 Å². The van der Waals surface area contributed by atoms with E-state index >= 15 is 0 Å². The fourth-order valence-corrected chi connectivity index (χ4v) is 1.82. The number of carboxylic acid groups (broad SMARTS) is 1. The van der Waals surface area contributed by atoms with Crippen molar-refractivity contribution in [3.8, 4) is 0 Å². The molecule has 0 atom stereocenters. The smallest absolute Gasteiger partial charge is 0.508 e. The molecule has 24 heavy (non-hydrogen) atoms. The Labute approximate surface area is 156 Å². The number of carbonyl (C=O) groups is 3. The number of halogens is 1. The van der Waals surface area contributed by atoms with Gasteiger partial charge in [-0.15, -0.1) is 0 Å². The van der Waals surface area contributed by atoms with E-state index in [1.807, 2.05) is 0 Å². The molecule has 0 fully saturated rings. The largest absolute Gasteiger partial charge is 1.00 e. The third-order valence-corrected chi connectivity index (χ3v) is 3.07. The normalized spacial score (nSPS) is 10.5. The van der Waals surface area contributed by atoms with E-state index in [4.69, 9.17) is 16.7 Å². The number of methoxy groups -OCH3 is 1. The topological polar surface area (TPSA) is 107 Å². The zero-order valence-corrected chi connectivity index (χ0v) is 14.2. The second-order valence-corrected chi connectivity index (χ2v) is 5.02. The van der Waals surface area contributed by atoms with Crippen molar-refractivity contribution >= 4 is 35.2 Å². The van der Waals surface area contributed by atoms with Crippen LogP contribution < -0.4 is 18.9 Å². The fraction of sp³-hybridized carbons (Fsp3) is 0.333. The number of amides is 1. The molecule has 0 aliphatic carbocycles. The van der Waals surface area contributed by atoms with Crippen LogP contribution in [0.4, 0.5) is 4.79 Å². The molecule has 1 aromatic carbocycles. The maximum Gasteiger partial charge on any atom is 1.00 e. The van der Waals surface area contributed by atoms with Crippen LogP contribution in [0, 0.1) is 0 Å². The molecule has 0 spiro atoms. The summed E-state index contributed by atoms with van der Waals surface area (Å²) >= 11 is 5.81. The van der Waals surface area contributed by atoms with E-state index in [1.54, 1.807) is 24.3 Å². The van der Waals surface area contributed by atoms with Gasteiger partial charge >= 0.3 is 24.8 Å². The summed E-state index contributed by atoms with van der Waals surface area (Å²) in [7, 11) is 1.17. The molecule has 124 valence electrons. The van der Waals surface area contributed by atoms with Crippen LogP contribution in [-0.2, 0) is 14.3 Å². The molecule has 9 heteroatoms. The standard InChI is InChI=1S/C15H17ClN2O5.Li/c1-23-15(22)18-17-13(10-5-7-11(16)8-6-10)9-12(19)3-2-4-14(20)21;/h5-8H,2-4,9H2,1H3,(H2,18,20,21,22);/q;+1/p-1/b17-13+;. The Bertz CT molecular complexity index is 604. The van der Waals surface area contributed by atoms with Gasteiger partial charge in [-0.25, -0.2) is 0 Å². The Hall–Kier alpha value is -1.81. The van der Waals surface area contributed by atoms with E-state index in [0.717, 1.165) is 0 Å². The van der Waals surface area contributed by atoms with Crippen LogP contribution >= 0.6 is 11.6 Å². The van der Waals surface area contributed by atoms with Crippen molar-refractivity contribution in [1.82, 2.24) is 0 Å². The minimum absolute atomic E-state index is 0. The van der Waals surface area contributed by atoms with Crippen LogP contribution in [0.1, 0.15) is 31.2 Å². The number of rotatable bonds is 8. The zero-order valence-electron chi connectivity index (χ0n) is 13.5. The molecule has 0 aliphatic rings. The molecule has 0 bridgehead atoms. The molecule has 0 unspecified atom stereocenters. The predicted octanol–water partition coefficient (Wildman–Crippen LogP) is 0.402. The second kappa shape index (κ2) is 11.7. The summed E-state index contributed by atoms with van der Waals surface area (Å²) in [6.07, 6.45) is -0.671. The summed E-state index contributed by atoms with van der Waals surface area (Å²) < 4.78 is 4.37. The van der Waals surface area contributed by atoms with Crippen LogP contribution in [0.5, 0.6) is 0 Å². The van der Waals surface area contributed by atoms with Crippen molar-refractivity contribution < 1.29 is 43.1 Å². The van der Waals surface area contributed by atoms with Crippen molar-refractivity contribution in [2.45, 2.75) is 25.7 Å². The number of ketones is 1. The summed E-state index contributed by atoms with van der Waals surface area (Å²) in [5, 5.41) is 12.9. The summed E-state index contributed by atoms with van der Waals surface area (Å²) in [4.78, 5) is 33.5. The van der Waals surface area contributed by atoms with E-state index in [2.05, 4.69) is 15.3 Å². The SMILES string of the molecule is COC(=O)[N-]/N=C(\CC(=O)CCCC(=O)O)c1ccc(Cl)cc1.[Li+]. The number of Topliss-reactive ketones (excluding diaryl/α,β-unsaturated/α-hetero) is 1. The van der Waals surface area contributed by atoms with Crippen LogP contribution in [-0.4, -0.2) is 35.8 Å². The maximum absolute atomic E-state index is 11.9. The average molecular weight is 347 g/mol. The first-order valence-corrected chi connectivity index (χ1v) is 7.15. The molecule has 1 amide bonds. The summed E-state index contributed by atoms with van der Waals surface area (Å²) in [5.41, 5.74) is 4.23. The number of carboxylic acids is 1. The quantitative estimate of drug-likeness (QED) is 0.416. The van der Waals surface area contributed by atoms with Crippen molar-refractivity contribution in [1.29, 1.82) is 0 Å². The summed E-state index contributed by atoms with van der Waals surface area (Å²) in [6, 6.07) is 6.55. The molecule has 0 heterocycles. The maximum atomic E-state index is 11.9. The molecule has 1 rings (SSSR count). The van der Waals surface area contributed by atoms with Gasteiger partial charge in [0.25, 0.3) is 0 Å². The van der Waals surface area contributed by atoms with Gasteiger partial charge < -0.3 is 20.4 Å². The second-order valence-electron chi connectivity index (χ2n) is 4.59. The Kier molecular flexibility index (Phi) is 10.8. The Balaban J connectivity index is 0.00000529. The molecular formula is C15H16ClLiN2O5. The van der Waals surface area contributed by atoms with Gasteiger partial charge in [0.1, 0.15) is 5.78 Å². The number of benzene rings is 1. The van der Waals surface area contributed by atoms with Gasteiger partial charge in [0, 0.05) is 30.0 Å². The van der Waals surface area contributed by atoms with Gasteiger partial charge in [-0.3, -0.25) is 14.4 Å². The fourth-order valence-electron chi connectivity index (χ4n) is 1.69. The number of hydrogen-bond acceptors (Lipinski definition) is 5. The molecule has 0 saturated heterocycles.